The number of nitrogens with zero attached hydrogens (tertiary/aromatic N) is 5. The highest BCUT2D eigenvalue weighted by molar-refractivity contribution is 7.99. The van der Waals surface area contributed by atoms with Gasteiger partial charge in [-0.2, -0.15) is 5.26 Å². The van der Waals surface area contributed by atoms with Crippen molar-refractivity contribution in [1.29, 1.82) is 10.7 Å². The van der Waals surface area contributed by atoms with E-state index in [0.29, 0.717) is 50.7 Å². The molecule has 0 bridgehead atoms. The molecule has 0 radical (unpaired) electrons. The first-order chi connectivity index (χ1) is 17.5. The predicted molar refractivity (Wildman–Crippen MR) is 130 cm³/mol. The van der Waals surface area contributed by atoms with Gasteiger partial charge in [0.2, 0.25) is 6.79 Å². The summed E-state index contributed by atoms with van der Waals surface area (Å²) in [4.78, 5) is 27.1. The van der Waals surface area contributed by atoms with E-state index in [1.165, 1.54) is 11.8 Å². The van der Waals surface area contributed by atoms with Crippen LogP contribution in [0.1, 0.15) is 31.7 Å². The molecule has 3 aromatic rings. The van der Waals surface area contributed by atoms with Crippen molar-refractivity contribution in [1.82, 2.24) is 24.4 Å². The molecule has 2 N–H and O–H groups in total. The van der Waals surface area contributed by atoms with Crippen LogP contribution in [0.3, 0.4) is 0 Å². The molecule has 1 atom stereocenters. The second-order valence-electron chi connectivity index (χ2n) is 8.88. The molecule has 1 aromatic carbocycles. The van der Waals surface area contributed by atoms with E-state index in [0.717, 1.165) is 32.4 Å². The minimum Gasteiger partial charge on any atom is -0.454 e. The van der Waals surface area contributed by atoms with Crippen LogP contribution in [0.5, 0.6) is 11.5 Å². The maximum Gasteiger partial charge on any atom is 0.251 e. The Hall–Kier alpha value is -3.56. The van der Waals surface area contributed by atoms with Gasteiger partial charge in [-0.15, -0.1) is 0 Å². The van der Waals surface area contributed by atoms with Gasteiger partial charge in [0, 0.05) is 37.7 Å². The van der Waals surface area contributed by atoms with Crippen molar-refractivity contribution in [2.24, 2.45) is 5.92 Å². The fourth-order valence-corrected chi connectivity index (χ4v) is 5.37. The number of nitrogens with one attached hydrogen (secondary N) is 2. The van der Waals surface area contributed by atoms with Gasteiger partial charge < -0.3 is 28.7 Å². The summed E-state index contributed by atoms with van der Waals surface area (Å²) in [5.74, 6) is 1.69. The lowest BCUT2D eigenvalue weighted by atomic mass is 9.93. The van der Waals surface area contributed by atoms with E-state index in [-0.39, 0.29) is 18.2 Å². The van der Waals surface area contributed by atoms with E-state index in [9.17, 15) is 10.1 Å². The number of aromatic nitrogens is 4. The zero-order chi connectivity index (χ0) is 25.2. The Morgan fingerprint density at radius 3 is 2.83 bits per heavy atom. The quantitative estimate of drug-likeness (QED) is 0.495. The molecule has 11 nitrogen and oxygen atoms in total. The van der Waals surface area contributed by atoms with Crippen LogP contribution in [-0.4, -0.2) is 63.4 Å². The molecule has 0 aliphatic carbocycles. The number of imidazole rings is 1. The number of rotatable bonds is 7. The lowest BCUT2D eigenvalue weighted by Crippen LogP contribution is -2.43. The van der Waals surface area contributed by atoms with E-state index in [1.54, 1.807) is 32.5 Å². The average Bonchev–Trinajstić information content (AvgIpc) is 3.54. The van der Waals surface area contributed by atoms with Gasteiger partial charge in [0.05, 0.1) is 11.9 Å². The highest BCUT2D eigenvalue weighted by Gasteiger charge is 2.26. The van der Waals surface area contributed by atoms with Gasteiger partial charge >= 0.3 is 0 Å². The molecule has 5 rings (SSSR count). The van der Waals surface area contributed by atoms with Gasteiger partial charge in [-0.05, 0) is 38.2 Å². The Balaban J connectivity index is 1.29. The van der Waals surface area contributed by atoms with Gasteiger partial charge in [0.1, 0.15) is 17.7 Å². The largest absolute Gasteiger partial charge is 0.454 e. The van der Waals surface area contributed by atoms with Crippen molar-refractivity contribution in [2.75, 3.05) is 27.0 Å². The second-order valence-corrected chi connectivity index (χ2v) is 9.91. The molecular weight excluding hydrogens is 482 g/mol. The van der Waals surface area contributed by atoms with Crippen molar-refractivity contribution >= 4 is 28.8 Å². The average molecular weight is 510 g/mol. The summed E-state index contributed by atoms with van der Waals surface area (Å²) in [6.45, 7) is 4.10. The number of benzene rings is 1. The number of aromatic amines is 1. The molecule has 1 amide bonds. The topological polar surface area (TPSA) is 142 Å². The third-order valence-electron chi connectivity index (χ3n) is 6.71. The molecule has 4 heterocycles. The number of amides is 1. The highest BCUT2D eigenvalue weighted by Crippen LogP contribution is 2.40. The van der Waals surface area contributed by atoms with Crippen LogP contribution in [-0.2, 0) is 16.1 Å². The van der Waals surface area contributed by atoms with E-state index in [1.807, 2.05) is 9.47 Å². The molecule has 2 aromatic heterocycles. The summed E-state index contributed by atoms with van der Waals surface area (Å²) in [6.07, 6.45) is 4.06. The van der Waals surface area contributed by atoms with Crippen molar-refractivity contribution in [2.45, 2.75) is 48.9 Å². The van der Waals surface area contributed by atoms with Crippen molar-refractivity contribution in [3.63, 3.8) is 0 Å². The summed E-state index contributed by atoms with van der Waals surface area (Å²) >= 11 is 1.30. The van der Waals surface area contributed by atoms with Crippen LogP contribution in [0.25, 0.3) is 11.2 Å². The number of carbonyl (C=O) groups excluding carboxylic acids is 1. The van der Waals surface area contributed by atoms with E-state index < -0.39 is 6.10 Å². The summed E-state index contributed by atoms with van der Waals surface area (Å²) in [5, 5.41) is 18.4. The van der Waals surface area contributed by atoms with Crippen LogP contribution < -0.4 is 15.0 Å². The van der Waals surface area contributed by atoms with Crippen molar-refractivity contribution < 1.29 is 19.0 Å². The minimum atomic E-state index is -0.409. The minimum absolute atomic E-state index is 0.0471. The summed E-state index contributed by atoms with van der Waals surface area (Å²) in [7, 11) is 1.56. The third kappa shape index (κ3) is 4.76. The Morgan fingerprint density at radius 2 is 2.11 bits per heavy atom. The summed E-state index contributed by atoms with van der Waals surface area (Å²) in [6, 6.07) is 5.64. The van der Waals surface area contributed by atoms with E-state index in [2.05, 4.69) is 16.0 Å². The molecule has 36 heavy (non-hydrogen) atoms. The number of fused-ring (bicyclic) bond motifs is 2. The van der Waals surface area contributed by atoms with Crippen molar-refractivity contribution in [3.05, 3.63) is 29.5 Å². The number of hydrogen-bond donors (Lipinski definition) is 2. The number of aryl methyl sites for hydroxylation is 1. The lowest BCUT2D eigenvalue weighted by Gasteiger charge is -2.33. The molecule has 0 saturated carbocycles. The number of H-pyrrole nitrogens is 1. The molecule has 2 aliphatic heterocycles. The summed E-state index contributed by atoms with van der Waals surface area (Å²) < 4.78 is 17.9. The first kappa shape index (κ1) is 24.1. The number of hydrogen-bond acceptors (Lipinski definition) is 9. The van der Waals surface area contributed by atoms with Crippen LogP contribution in [0.15, 0.2) is 28.5 Å². The normalized spacial score (nSPS) is 16.3. The number of methoxy groups -OCH3 is 1. The zero-order valence-corrected chi connectivity index (χ0v) is 20.9. The zero-order valence-electron chi connectivity index (χ0n) is 20.1. The standard InChI is InChI=1S/C24H27N7O4S/c1-14(33-2)23(32)30-6-3-15(4-7-30)5-8-31-12-27-21(26)20-22(31)29-24(28-20)36-19-10-18-17(34-13-35-18)9-16(19)11-25/h9-10,12,14-15,26H,3-8,13H2,1-2H3,(H,28,29)/t14-/m1/s1. The first-order valence-corrected chi connectivity index (χ1v) is 12.6. The Labute approximate surface area is 211 Å². The van der Waals surface area contributed by atoms with Gasteiger partial charge in [-0.1, -0.05) is 11.8 Å². The lowest BCUT2D eigenvalue weighted by molar-refractivity contribution is -0.142. The maximum absolute atomic E-state index is 12.3. The van der Waals surface area contributed by atoms with Crippen LogP contribution >= 0.6 is 11.8 Å². The number of piperidine rings is 1. The van der Waals surface area contributed by atoms with Gasteiger partial charge in [0.15, 0.2) is 27.8 Å². The molecule has 2 aliphatic rings. The first-order valence-electron chi connectivity index (χ1n) is 11.8. The Bertz CT molecular complexity index is 1390. The van der Waals surface area contributed by atoms with E-state index in [4.69, 9.17) is 24.6 Å². The van der Waals surface area contributed by atoms with E-state index >= 15 is 0 Å². The molecule has 12 heteroatoms. The van der Waals surface area contributed by atoms with Gasteiger partial charge in [-0.3, -0.25) is 10.2 Å². The predicted octanol–water partition coefficient (Wildman–Crippen LogP) is 2.65. The Morgan fingerprint density at radius 1 is 1.36 bits per heavy atom. The van der Waals surface area contributed by atoms with Gasteiger partial charge in [-0.25, -0.2) is 9.97 Å². The second kappa shape index (κ2) is 10.2. The molecule has 0 unspecified atom stereocenters. The Kier molecular flexibility index (Phi) is 6.84. The fourth-order valence-electron chi connectivity index (χ4n) is 4.50. The molecule has 1 fully saturated rings. The fraction of sp³-hybridized carbons (Fsp3) is 0.458. The number of nitriles is 1. The molecular formula is C24H27N7O4S. The maximum atomic E-state index is 12.3. The van der Waals surface area contributed by atoms with Crippen LogP contribution in [0, 0.1) is 22.7 Å². The highest BCUT2D eigenvalue weighted by atomic mass is 32.2. The van der Waals surface area contributed by atoms with Crippen LogP contribution in [0.4, 0.5) is 0 Å². The van der Waals surface area contributed by atoms with Crippen molar-refractivity contribution in [3.8, 4) is 17.6 Å². The van der Waals surface area contributed by atoms with Gasteiger partial charge in [0.25, 0.3) is 5.91 Å². The van der Waals surface area contributed by atoms with Crippen LogP contribution in [0.2, 0.25) is 0 Å². The molecule has 188 valence electrons. The number of ether oxygens (including phenoxy) is 3. The SMILES string of the molecule is CO[C@H](C)C(=O)N1CCC(CCn2cnc(=N)c3[nH]c(Sc4cc5c(cc4C#N)OCO5)nc32)CC1. The number of likely N-dealkylation sites (tertiary alicyclic amines) is 1. The monoisotopic (exact) mass is 509 g/mol. The summed E-state index contributed by atoms with van der Waals surface area (Å²) in [5.41, 5.74) is 1.78. The molecule has 1 saturated heterocycles. The number of carbonyl (C=O) groups is 1. The third-order valence-corrected chi connectivity index (χ3v) is 7.65. The smallest absolute Gasteiger partial charge is 0.251 e. The molecule has 0 spiro atoms.